The maximum Gasteiger partial charge on any atom is 0.174 e. The Morgan fingerprint density at radius 2 is 1.63 bits per heavy atom. The van der Waals surface area contributed by atoms with Gasteiger partial charge in [-0.15, -0.1) is 0 Å². The second kappa shape index (κ2) is 10.9. The first-order valence-corrected chi connectivity index (χ1v) is 13.8. The number of pyridine rings is 1. The number of rotatable bonds is 8. The van der Waals surface area contributed by atoms with Crippen LogP contribution in [0.2, 0.25) is 0 Å². The van der Waals surface area contributed by atoms with E-state index < -0.39 is 0 Å². The predicted molar refractivity (Wildman–Crippen MR) is 154 cm³/mol. The highest BCUT2D eigenvalue weighted by Crippen LogP contribution is 2.42. The molecule has 3 heterocycles. The number of anilines is 1. The van der Waals surface area contributed by atoms with Crippen molar-refractivity contribution in [2.45, 2.75) is 50.8 Å². The zero-order valence-electron chi connectivity index (χ0n) is 21.5. The Balaban J connectivity index is 1.37. The van der Waals surface area contributed by atoms with Crippen LogP contribution in [0.5, 0.6) is 11.5 Å². The number of benzene rings is 2. The first-order valence-electron chi connectivity index (χ1n) is 13.4. The average Bonchev–Trinajstić information content (AvgIpc) is 3.71. The molecule has 2 aliphatic rings. The lowest BCUT2D eigenvalue weighted by atomic mass is 10.0. The zero-order chi connectivity index (χ0) is 25.9. The van der Waals surface area contributed by atoms with Crippen LogP contribution in [0.4, 0.5) is 5.69 Å². The fourth-order valence-corrected chi connectivity index (χ4v) is 5.90. The van der Waals surface area contributed by atoms with Crippen molar-refractivity contribution in [3.63, 3.8) is 0 Å². The topological polar surface area (TPSA) is 51.5 Å². The molecule has 4 aromatic rings. The van der Waals surface area contributed by atoms with Gasteiger partial charge in [-0.2, -0.15) is 0 Å². The Hall–Kier alpha value is -3.84. The van der Waals surface area contributed by atoms with Crippen LogP contribution in [0.25, 0.3) is 5.69 Å². The average molecular weight is 525 g/mol. The Morgan fingerprint density at radius 1 is 0.895 bits per heavy atom. The van der Waals surface area contributed by atoms with Crippen molar-refractivity contribution in [1.82, 2.24) is 14.9 Å². The smallest absolute Gasteiger partial charge is 0.174 e. The summed E-state index contributed by atoms with van der Waals surface area (Å²) < 4.78 is 14.1. The lowest BCUT2D eigenvalue weighted by Crippen LogP contribution is -2.30. The molecule has 0 bridgehead atoms. The van der Waals surface area contributed by atoms with E-state index in [4.69, 9.17) is 26.7 Å². The minimum Gasteiger partial charge on any atom is -0.494 e. The number of hydrogen-bond acceptors (Lipinski definition) is 4. The van der Waals surface area contributed by atoms with Crippen molar-refractivity contribution in [3.8, 4) is 17.2 Å². The van der Waals surface area contributed by atoms with Crippen LogP contribution in [-0.2, 0) is 0 Å². The molecule has 2 unspecified atom stereocenters. The van der Waals surface area contributed by atoms with Crippen LogP contribution < -0.4 is 19.7 Å². The third kappa shape index (κ3) is 4.86. The molecule has 1 saturated heterocycles. The van der Waals surface area contributed by atoms with Crippen molar-refractivity contribution in [1.29, 1.82) is 0 Å². The van der Waals surface area contributed by atoms with Gasteiger partial charge in [-0.1, -0.05) is 6.07 Å². The minimum absolute atomic E-state index is 0.111. The molecule has 7 heteroatoms. The van der Waals surface area contributed by atoms with E-state index in [0.717, 1.165) is 47.1 Å². The number of nitrogens with zero attached hydrogens (tertiary/aromatic N) is 3. The molecule has 2 aromatic carbocycles. The molecule has 1 N–H and O–H groups in total. The molecule has 2 fully saturated rings. The SMILES string of the molecule is CCOc1ccc(-n2cccc2C2C(c3ccccn3)NC(=S)N2c2ccc(OC3CCCC3)cc2)cc1. The van der Waals surface area contributed by atoms with Crippen LogP contribution in [-0.4, -0.2) is 27.4 Å². The summed E-state index contributed by atoms with van der Waals surface area (Å²) >= 11 is 5.94. The molecule has 0 amide bonds. The van der Waals surface area contributed by atoms with E-state index in [0.29, 0.717) is 17.8 Å². The van der Waals surface area contributed by atoms with E-state index >= 15 is 0 Å². The van der Waals surface area contributed by atoms with Gasteiger partial charge in [0, 0.05) is 29.5 Å². The van der Waals surface area contributed by atoms with E-state index in [1.54, 1.807) is 0 Å². The van der Waals surface area contributed by atoms with Gasteiger partial charge in [0.2, 0.25) is 0 Å². The number of thiocarbonyl (C=S) groups is 1. The summed E-state index contributed by atoms with van der Waals surface area (Å²) in [6.07, 6.45) is 9.03. The van der Waals surface area contributed by atoms with Crippen LogP contribution in [0.1, 0.15) is 56.1 Å². The summed E-state index contributed by atoms with van der Waals surface area (Å²) in [5.74, 6) is 1.77. The van der Waals surface area contributed by atoms with Crippen molar-refractivity contribution >= 4 is 23.0 Å². The Bertz CT molecular complexity index is 1370. The second-order valence-electron chi connectivity index (χ2n) is 9.74. The molecule has 6 rings (SSSR count). The normalized spacial score (nSPS) is 19.5. The number of aromatic nitrogens is 2. The summed E-state index contributed by atoms with van der Waals surface area (Å²) in [5.41, 5.74) is 4.14. The Labute approximate surface area is 229 Å². The summed E-state index contributed by atoms with van der Waals surface area (Å²) in [6, 6.07) is 26.6. The number of ether oxygens (including phenoxy) is 2. The Kier molecular flexibility index (Phi) is 7.01. The highest BCUT2D eigenvalue weighted by atomic mass is 32.1. The molecule has 2 aromatic heterocycles. The number of hydrogen-bond donors (Lipinski definition) is 1. The first-order chi connectivity index (χ1) is 18.7. The van der Waals surface area contributed by atoms with Gasteiger partial charge in [0.05, 0.1) is 24.4 Å². The largest absolute Gasteiger partial charge is 0.494 e. The summed E-state index contributed by atoms with van der Waals surface area (Å²) in [7, 11) is 0. The van der Waals surface area contributed by atoms with Gasteiger partial charge >= 0.3 is 0 Å². The fourth-order valence-electron chi connectivity index (χ4n) is 5.56. The standard InChI is InChI=1S/C31H32N4O2S/c1-2-36-24-16-12-22(13-17-24)34-21-7-11-28(34)30-29(27-10-5-6-20-32-27)33-31(38)35(30)23-14-18-26(19-15-23)37-25-8-3-4-9-25/h5-7,10-21,25,29-30H,2-4,8-9H2,1H3,(H,33,38). The van der Waals surface area contributed by atoms with E-state index in [-0.39, 0.29) is 12.1 Å². The van der Waals surface area contributed by atoms with Crippen molar-refractivity contribution in [2.75, 3.05) is 11.5 Å². The molecule has 1 aliphatic heterocycles. The zero-order valence-corrected chi connectivity index (χ0v) is 22.3. The molecule has 1 saturated carbocycles. The quantitative estimate of drug-likeness (QED) is 0.257. The molecule has 194 valence electrons. The molecule has 0 spiro atoms. The fraction of sp³-hybridized carbons (Fsp3) is 0.290. The maximum atomic E-state index is 6.22. The van der Waals surface area contributed by atoms with Gasteiger partial charge in [0.15, 0.2) is 5.11 Å². The van der Waals surface area contributed by atoms with E-state index in [9.17, 15) is 0 Å². The first kappa shape index (κ1) is 24.5. The van der Waals surface area contributed by atoms with Crippen LogP contribution in [0, 0.1) is 0 Å². The predicted octanol–water partition coefficient (Wildman–Crippen LogP) is 6.77. The highest BCUT2D eigenvalue weighted by molar-refractivity contribution is 7.80. The highest BCUT2D eigenvalue weighted by Gasteiger charge is 2.42. The number of nitrogens with one attached hydrogen (secondary N) is 1. The maximum absolute atomic E-state index is 6.22. The third-order valence-electron chi connectivity index (χ3n) is 7.33. The van der Waals surface area contributed by atoms with Gasteiger partial charge in [-0.25, -0.2) is 0 Å². The minimum atomic E-state index is -0.116. The lowest BCUT2D eigenvalue weighted by Gasteiger charge is -2.29. The van der Waals surface area contributed by atoms with Crippen LogP contribution in [0.3, 0.4) is 0 Å². The molecule has 1 aliphatic carbocycles. The van der Waals surface area contributed by atoms with Crippen molar-refractivity contribution in [3.05, 3.63) is 103 Å². The van der Waals surface area contributed by atoms with Gasteiger partial charge in [-0.05, 0) is 118 Å². The van der Waals surface area contributed by atoms with Crippen molar-refractivity contribution in [2.24, 2.45) is 0 Å². The Morgan fingerprint density at radius 3 is 2.34 bits per heavy atom. The van der Waals surface area contributed by atoms with Crippen LogP contribution in [0.15, 0.2) is 91.3 Å². The van der Waals surface area contributed by atoms with Crippen LogP contribution >= 0.6 is 12.2 Å². The molecular formula is C31H32N4O2S. The molecule has 0 radical (unpaired) electrons. The van der Waals surface area contributed by atoms with Crippen molar-refractivity contribution < 1.29 is 9.47 Å². The van der Waals surface area contributed by atoms with Gasteiger partial charge in [0.1, 0.15) is 17.5 Å². The molecule has 6 nitrogen and oxygen atoms in total. The molecule has 38 heavy (non-hydrogen) atoms. The monoisotopic (exact) mass is 524 g/mol. The van der Waals surface area contributed by atoms with E-state index in [1.165, 1.54) is 12.8 Å². The third-order valence-corrected chi connectivity index (χ3v) is 7.64. The van der Waals surface area contributed by atoms with Gasteiger partial charge in [0.25, 0.3) is 0 Å². The van der Waals surface area contributed by atoms with E-state index in [2.05, 4.69) is 75.6 Å². The summed E-state index contributed by atoms with van der Waals surface area (Å²) in [4.78, 5) is 6.90. The summed E-state index contributed by atoms with van der Waals surface area (Å²) in [6.45, 7) is 2.64. The molecule has 2 atom stereocenters. The van der Waals surface area contributed by atoms with Gasteiger partial charge in [-0.3, -0.25) is 4.98 Å². The van der Waals surface area contributed by atoms with E-state index in [1.807, 2.05) is 37.4 Å². The van der Waals surface area contributed by atoms with Gasteiger partial charge < -0.3 is 24.3 Å². The summed E-state index contributed by atoms with van der Waals surface area (Å²) in [5, 5.41) is 4.24. The molecular weight excluding hydrogens is 492 g/mol. The lowest BCUT2D eigenvalue weighted by molar-refractivity contribution is 0.210. The second-order valence-corrected chi connectivity index (χ2v) is 10.1.